The van der Waals surface area contributed by atoms with Crippen LogP contribution in [0.4, 0.5) is 5.95 Å². The van der Waals surface area contributed by atoms with Gasteiger partial charge in [-0.05, 0) is 18.6 Å². The molecule has 2 rings (SSSR count). The fraction of sp³-hybridized carbons (Fsp3) is 0.364. The first kappa shape index (κ1) is 11.1. The largest absolute Gasteiger partial charge is 0.369 e. The molecule has 0 saturated carbocycles. The molecular weight excluding hydrogens is 222 g/mol. The van der Waals surface area contributed by atoms with Gasteiger partial charge >= 0.3 is 0 Å². The van der Waals surface area contributed by atoms with Gasteiger partial charge in [0.05, 0.1) is 11.0 Å². The van der Waals surface area contributed by atoms with Gasteiger partial charge in [-0.2, -0.15) is 0 Å². The number of benzene rings is 1. The molecule has 1 unspecified atom stereocenters. The second-order valence-electron chi connectivity index (χ2n) is 3.84. The van der Waals surface area contributed by atoms with Crippen molar-refractivity contribution in [1.82, 2.24) is 9.55 Å². The molecule has 1 aromatic carbocycles. The summed E-state index contributed by atoms with van der Waals surface area (Å²) in [5, 5.41) is 0. The number of nitrogens with two attached hydrogens (primary N) is 1. The SMILES string of the molecule is Cc1cccc2nc(N)n(CCS(C)=O)c12. The van der Waals surface area contributed by atoms with E-state index in [1.54, 1.807) is 6.26 Å². The molecule has 0 amide bonds. The zero-order valence-corrected chi connectivity index (χ0v) is 10.3. The first-order chi connectivity index (χ1) is 7.59. The van der Waals surface area contributed by atoms with Crippen LogP contribution in [-0.4, -0.2) is 25.8 Å². The Hall–Kier alpha value is -1.36. The summed E-state index contributed by atoms with van der Waals surface area (Å²) in [4.78, 5) is 4.29. The predicted molar refractivity (Wildman–Crippen MR) is 67.8 cm³/mol. The Kier molecular flexibility index (Phi) is 2.96. The van der Waals surface area contributed by atoms with Crippen LogP contribution in [-0.2, 0) is 17.3 Å². The van der Waals surface area contributed by atoms with E-state index in [0.29, 0.717) is 18.2 Å². The summed E-state index contributed by atoms with van der Waals surface area (Å²) in [7, 11) is -0.812. The number of nitrogens with zero attached hydrogens (tertiary/aromatic N) is 2. The molecule has 0 aliphatic carbocycles. The Morgan fingerprint density at radius 3 is 2.94 bits per heavy atom. The Bertz CT molecular complexity index is 547. The van der Waals surface area contributed by atoms with E-state index in [1.807, 2.05) is 29.7 Å². The number of nitrogen functional groups attached to an aromatic ring is 1. The molecule has 0 aliphatic heterocycles. The van der Waals surface area contributed by atoms with Gasteiger partial charge in [0.2, 0.25) is 5.95 Å². The normalized spacial score (nSPS) is 13.1. The lowest BCUT2D eigenvalue weighted by Crippen LogP contribution is -2.09. The van der Waals surface area contributed by atoms with Crippen molar-refractivity contribution in [3.8, 4) is 0 Å². The number of para-hydroxylation sites is 1. The Morgan fingerprint density at radius 2 is 2.25 bits per heavy atom. The van der Waals surface area contributed by atoms with Crippen LogP contribution in [0.15, 0.2) is 18.2 Å². The van der Waals surface area contributed by atoms with E-state index in [0.717, 1.165) is 16.6 Å². The van der Waals surface area contributed by atoms with Crippen molar-refractivity contribution in [2.24, 2.45) is 0 Å². The maximum atomic E-state index is 11.1. The highest BCUT2D eigenvalue weighted by Crippen LogP contribution is 2.21. The van der Waals surface area contributed by atoms with Crippen LogP contribution < -0.4 is 5.73 Å². The van der Waals surface area contributed by atoms with Crippen molar-refractivity contribution in [2.75, 3.05) is 17.7 Å². The summed E-state index contributed by atoms with van der Waals surface area (Å²) < 4.78 is 13.0. The van der Waals surface area contributed by atoms with E-state index in [4.69, 9.17) is 5.73 Å². The highest BCUT2D eigenvalue weighted by atomic mass is 32.2. The molecule has 2 N–H and O–H groups in total. The maximum Gasteiger partial charge on any atom is 0.201 e. The topological polar surface area (TPSA) is 60.9 Å². The van der Waals surface area contributed by atoms with Crippen molar-refractivity contribution in [3.63, 3.8) is 0 Å². The minimum Gasteiger partial charge on any atom is -0.369 e. The third-order valence-electron chi connectivity index (χ3n) is 2.60. The molecular formula is C11H15N3OS. The number of imidazole rings is 1. The Balaban J connectivity index is 2.50. The van der Waals surface area contributed by atoms with E-state index in [1.165, 1.54) is 0 Å². The molecule has 0 radical (unpaired) electrons. The van der Waals surface area contributed by atoms with Crippen molar-refractivity contribution < 1.29 is 4.21 Å². The molecule has 4 nitrogen and oxygen atoms in total. The highest BCUT2D eigenvalue weighted by molar-refractivity contribution is 7.84. The van der Waals surface area contributed by atoms with Gasteiger partial charge in [0, 0.05) is 29.4 Å². The number of hydrogen-bond acceptors (Lipinski definition) is 3. The van der Waals surface area contributed by atoms with Gasteiger partial charge in [-0.3, -0.25) is 4.21 Å². The third kappa shape index (κ3) is 1.95. The van der Waals surface area contributed by atoms with Crippen molar-refractivity contribution in [1.29, 1.82) is 0 Å². The lowest BCUT2D eigenvalue weighted by Gasteiger charge is -2.06. The molecule has 1 aromatic heterocycles. The van der Waals surface area contributed by atoms with E-state index < -0.39 is 10.8 Å². The van der Waals surface area contributed by atoms with E-state index in [9.17, 15) is 4.21 Å². The number of aryl methyl sites for hydroxylation is 2. The van der Waals surface area contributed by atoms with Crippen LogP contribution in [0.1, 0.15) is 5.56 Å². The number of fused-ring (bicyclic) bond motifs is 1. The minimum absolute atomic E-state index is 0.495. The summed E-state index contributed by atoms with van der Waals surface area (Å²) in [6, 6.07) is 5.94. The molecule has 0 spiro atoms. The zero-order chi connectivity index (χ0) is 11.7. The number of anilines is 1. The zero-order valence-electron chi connectivity index (χ0n) is 9.43. The Morgan fingerprint density at radius 1 is 1.50 bits per heavy atom. The summed E-state index contributed by atoms with van der Waals surface area (Å²) in [6.45, 7) is 2.68. The van der Waals surface area contributed by atoms with Gasteiger partial charge < -0.3 is 10.3 Å². The standard InChI is InChI=1S/C11H15N3OS/c1-8-4-3-5-9-10(8)14(11(12)13-9)6-7-16(2)15/h3-5H,6-7H2,1-2H3,(H2,12,13). The number of rotatable bonds is 3. The lowest BCUT2D eigenvalue weighted by molar-refractivity contribution is 0.680. The van der Waals surface area contributed by atoms with Gasteiger partial charge in [-0.1, -0.05) is 12.1 Å². The molecule has 0 aliphatic rings. The number of aromatic nitrogens is 2. The molecule has 0 bridgehead atoms. The minimum atomic E-state index is -0.812. The van der Waals surface area contributed by atoms with Gasteiger partial charge in [0.25, 0.3) is 0 Å². The van der Waals surface area contributed by atoms with Gasteiger partial charge in [-0.15, -0.1) is 0 Å². The van der Waals surface area contributed by atoms with Crippen molar-refractivity contribution in [3.05, 3.63) is 23.8 Å². The second kappa shape index (κ2) is 4.25. The second-order valence-corrected chi connectivity index (χ2v) is 5.40. The molecule has 86 valence electrons. The average molecular weight is 237 g/mol. The van der Waals surface area contributed by atoms with Crippen LogP contribution in [0.3, 0.4) is 0 Å². The lowest BCUT2D eigenvalue weighted by atomic mass is 10.2. The summed E-state index contributed by atoms with van der Waals surface area (Å²) in [6.07, 6.45) is 1.70. The quantitative estimate of drug-likeness (QED) is 0.875. The first-order valence-electron chi connectivity index (χ1n) is 5.11. The van der Waals surface area contributed by atoms with Crippen LogP contribution in [0.25, 0.3) is 11.0 Å². The fourth-order valence-corrected chi connectivity index (χ4v) is 2.27. The van der Waals surface area contributed by atoms with E-state index >= 15 is 0 Å². The molecule has 1 heterocycles. The molecule has 1 atom stereocenters. The van der Waals surface area contributed by atoms with E-state index in [-0.39, 0.29) is 0 Å². The summed E-state index contributed by atoms with van der Waals surface area (Å²) >= 11 is 0. The molecule has 2 aromatic rings. The first-order valence-corrected chi connectivity index (χ1v) is 6.83. The van der Waals surface area contributed by atoms with Gasteiger partial charge in [0.1, 0.15) is 0 Å². The fourth-order valence-electron chi connectivity index (χ4n) is 1.83. The predicted octanol–water partition coefficient (Wildman–Crippen LogP) is 1.31. The van der Waals surface area contributed by atoms with Crippen molar-refractivity contribution in [2.45, 2.75) is 13.5 Å². The Labute approximate surface area is 96.9 Å². The molecule has 5 heteroatoms. The monoisotopic (exact) mass is 237 g/mol. The molecule has 0 saturated heterocycles. The molecule has 16 heavy (non-hydrogen) atoms. The average Bonchev–Trinajstić information content (AvgIpc) is 2.52. The van der Waals surface area contributed by atoms with Gasteiger partial charge in [0.15, 0.2) is 0 Å². The van der Waals surface area contributed by atoms with Crippen molar-refractivity contribution >= 4 is 27.8 Å². The van der Waals surface area contributed by atoms with Gasteiger partial charge in [-0.25, -0.2) is 4.98 Å². The smallest absolute Gasteiger partial charge is 0.201 e. The van der Waals surface area contributed by atoms with Crippen LogP contribution in [0.2, 0.25) is 0 Å². The van der Waals surface area contributed by atoms with E-state index in [2.05, 4.69) is 4.98 Å². The third-order valence-corrected chi connectivity index (χ3v) is 3.36. The maximum absolute atomic E-state index is 11.1. The molecule has 0 fully saturated rings. The number of hydrogen-bond donors (Lipinski definition) is 1. The van der Waals surface area contributed by atoms with Crippen LogP contribution >= 0.6 is 0 Å². The highest BCUT2D eigenvalue weighted by Gasteiger charge is 2.09. The van der Waals surface area contributed by atoms with Crippen LogP contribution in [0.5, 0.6) is 0 Å². The summed E-state index contributed by atoms with van der Waals surface area (Å²) in [5.41, 5.74) is 8.95. The summed E-state index contributed by atoms with van der Waals surface area (Å²) in [5.74, 6) is 1.10. The van der Waals surface area contributed by atoms with Crippen LogP contribution in [0, 0.1) is 6.92 Å².